The van der Waals surface area contributed by atoms with Crippen LogP contribution in [-0.4, -0.2) is 12.4 Å². The first-order valence-electron chi connectivity index (χ1n) is 9.57. The summed E-state index contributed by atoms with van der Waals surface area (Å²) in [5.74, 6) is 2.76. The van der Waals surface area contributed by atoms with Gasteiger partial charge in [0.15, 0.2) is 0 Å². The molecule has 148 valence electrons. The molecule has 27 heavy (non-hydrogen) atoms. The standard InChI is InChI=1S/C21H29O4PS/c1-3-5-6-7-11-18-27-26(22,23-4-2)25-21-16-14-20(15-17-21)24-19-12-9-8-10-13-19/h8-10,12-17H,3-7,11,18H2,1-2H3. The van der Waals surface area contributed by atoms with Gasteiger partial charge in [-0.25, -0.2) is 4.57 Å². The van der Waals surface area contributed by atoms with Gasteiger partial charge >= 0.3 is 6.80 Å². The zero-order chi connectivity index (χ0) is 19.4. The van der Waals surface area contributed by atoms with E-state index in [0.717, 1.165) is 24.3 Å². The van der Waals surface area contributed by atoms with Crippen molar-refractivity contribution in [3.63, 3.8) is 0 Å². The first kappa shape index (κ1) is 21.9. The number of hydrogen-bond donors (Lipinski definition) is 0. The monoisotopic (exact) mass is 408 g/mol. The molecule has 1 atom stereocenters. The topological polar surface area (TPSA) is 44.8 Å². The third kappa shape index (κ3) is 8.42. The molecule has 0 spiro atoms. The second-order valence-electron chi connectivity index (χ2n) is 6.09. The van der Waals surface area contributed by atoms with Gasteiger partial charge in [0.2, 0.25) is 0 Å². The van der Waals surface area contributed by atoms with Crippen LogP contribution in [0.2, 0.25) is 0 Å². The van der Waals surface area contributed by atoms with Crippen molar-refractivity contribution in [1.82, 2.24) is 0 Å². The minimum absolute atomic E-state index is 0.356. The predicted molar refractivity (Wildman–Crippen MR) is 114 cm³/mol. The number of benzene rings is 2. The highest BCUT2D eigenvalue weighted by Crippen LogP contribution is 2.60. The van der Waals surface area contributed by atoms with Gasteiger partial charge in [0.1, 0.15) is 17.2 Å². The van der Waals surface area contributed by atoms with Crippen molar-refractivity contribution in [1.29, 1.82) is 0 Å². The molecule has 0 radical (unpaired) electrons. The highest BCUT2D eigenvalue weighted by atomic mass is 32.7. The summed E-state index contributed by atoms with van der Waals surface area (Å²) in [5, 5.41) is 0. The van der Waals surface area contributed by atoms with Gasteiger partial charge in [-0.3, -0.25) is 4.52 Å². The number of ether oxygens (including phenoxy) is 1. The molecule has 0 amide bonds. The summed E-state index contributed by atoms with van der Waals surface area (Å²) in [6.45, 7) is 1.18. The molecule has 0 saturated carbocycles. The molecular weight excluding hydrogens is 379 g/mol. The molecule has 0 bridgehead atoms. The van der Waals surface area contributed by atoms with E-state index in [1.165, 1.54) is 30.6 Å². The molecular formula is C21H29O4PS. The molecule has 0 aliphatic rings. The highest BCUT2D eigenvalue weighted by molar-refractivity contribution is 8.55. The van der Waals surface area contributed by atoms with Gasteiger partial charge in [0.25, 0.3) is 0 Å². The van der Waals surface area contributed by atoms with Crippen molar-refractivity contribution in [3.05, 3.63) is 54.6 Å². The SMILES string of the molecule is CCCCCCCSP(=O)(OCC)Oc1ccc(Oc2ccccc2)cc1. The molecule has 1 unspecified atom stereocenters. The fourth-order valence-electron chi connectivity index (χ4n) is 2.45. The van der Waals surface area contributed by atoms with Crippen LogP contribution in [0, 0.1) is 0 Å². The molecule has 0 aromatic heterocycles. The van der Waals surface area contributed by atoms with E-state index in [-0.39, 0.29) is 0 Å². The van der Waals surface area contributed by atoms with Crippen molar-refractivity contribution in [3.8, 4) is 17.2 Å². The Morgan fingerprint density at radius 1 is 0.815 bits per heavy atom. The van der Waals surface area contributed by atoms with Gasteiger partial charge < -0.3 is 9.26 Å². The summed E-state index contributed by atoms with van der Waals surface area (Å²) in [4.78, 5) is 0. The fraction of sp³-hybridized carbons (Fsp3) is 0.429. The molecule has 4 nitrogen and oxygen atoms in total. The van der Waals surface area contributed by atoms with E-state index < -0.39 is 6.80 Å². The van der Waals surface area contributed by atoms with E-state index in [9.17, 15) is 4.57 Å². The molecule has 0 heterocycles. The average molecular weight is 409 g/mol. The lowest BCUT2D eigenvalue weighted by Crippen LogP contribution is -1.96. The van der Waals surface area contributed by atoms with E-state index in [4.69, 9.17) is 13.8 Å². The second-order valence-corrected chi connectivity index (χ2v) is 10.2. The van der Waals surface area contributed by atoms with Crippen molar-refractivity contribution in [2.45, 2.75) is 46.0 Å². The highest BCUT2D eigenvalue weighted by Gasteiger charge is 2.26. The van der Waals surface area contributed by atoms with Gasteiger partial charge in [-0.1, -0.05) is 50.8 Å². The summed E-state index contributed by atoms with van der Waals surface area (Å²) in [6.07, 6.45) is 5.87. The van der Waals surface area contributed by atoms with Crippen LogP contribution in [0.15, 0.2) is 54.6 Å². The minimum atomic E-state index is -3.20. The van der Waals surface area contributed by atoms with Crippen LogP contribution < -0.4 is 9.26 Å². The Hall–Kier alpha value is -1.42. The van der Waals surface area contributed by atoms with Crippen LogP contribution in [0.4, 0.5) is 0 Å². The smallest absolute Gasteiger partial charge is 0.440 e. The quantitative estimate of drug-likeness (QED) is 0.251. The molecule has 0 aliphatic carbocycles. The minimum Gasteiger partial charge on any atom is -0.457 e. The zero-order valence-corrected chi connectivity index (χ0v) is 17.8. The molecule has 2 aromatic rings. The Bertz CT molecular complexity index is 691. The van der Waals surface area contributed by atoms with E-state index in [1.54, 1.807) is 24.3 Å². The van der Waals surface area contributed by atoms with Crippen molar-refractivity contribution in [2.75, 3.05) is 12.4 Å². The fourth-order valence-corrected chi connectivity index (χ4v) is 5.90. The Balaban J connectivity index is 1.87. The maximum atomic E-state index is 12.9. The third-order valence-electron chi connectivity index (χ3n) is 3.80. The molecule has 6 heteroatoms. The number of rotatable bonds is 13. The number of hydrogen-bond acceptors (Lipinski definition) is 5. The molecule has 2 rings (SSSR count). The summed E-state index contributed by atoms with van der Waals surface area (Å²) in [7, 11) is 0. The third-order valence-corrected chi connectivity index (χ3v) is 7.64. The van der Waals surface area contributed by atoms with Crippen molar-refractivity contribution in [2.24, 2.45) is 0 Å². The largest absolute Gasteiger partial charge is 0.457 e. The van der Waals surface area contributed by atoms with Crippen LogP contribution in [0.5, 0.6) is 17.2 Å². The van der Waals surface area contributed by atoms with Crippen LogP contribution in [0.25, 0.3) is 0 Å². The van der Waals surface area contributed by atoms with Crippen LogP contribution >= 0.6 is 18.2 Å². The molecule has 0 saturated heterocycles. The zero-order valence-electron chi connectivity index (χ0n) is 16.1. The molecule has 0 N–H and O–H groups in total. The van der Waals surface area contributed by atoms with E-state index in [0.29, 0.717) is 18.1 Å². The maximum absolute atomic E-state index is 12.9. The normalized spacial score (nSPS) is 13.1. The summed E-state index contributed by atoms with van der Waals surface area (Å²) < 4.78 is 29.9. The van der Waals surface area contributed by atoms with E-state index in [1.807, 2.05) is 37.3 Å². The lowest BCUT2D eigenvalue weighted by atomic mass is 10.2. The molecule has 0 fully saturated rings. The van der Waals surface area contributed by atoms with Gasteiger partial charge in [-0.2, -0.15) is 0 Å². The predicted octanol–water partition coefficient (Wildman–Crippen LogP) is 7.71. The van der Waals surface area contributed by atoms with Crippen molar-refractivity contribution < 1.29 is 18.3 Å². The van der Waals surface area contributed by atoms with Gasteiger partial charge in [-0.05, 0) is 61.1 Å². The lowest BCUT2D eigenvalue weighted by molar-refractivity contribution is 0.296. The van der Waals surface area contributed by atoms with Gasteiger partial charge in [0, 0.05) is 5.75 Å². The average Bonchev–Trinajstić information content (AvgIpc) is 2.67. The Morgan fingerprint density at radius 3 is 2.11 bits per heavy atom. The van der Waals surface area contributed by atoms with E-state index >= 15 is 0 Å². The van der Waals surface area contributed by atoms with Crippen molar-refractivity contribution >= 4 is 18.2 Å². The Morgan fingerprint density at radius 2 is 1.44 bits per heavy atom. The Kier molecular flexibility index (Phi) is 9.82. The molecule has 0 aliphatic heterocycles. The second kappa shape index (κ2) is 12.1. The summed E-state index contributed by atoms with van der Waals surface area (Å²) in [6, 6.07) is 16.7. The first-order valence-corrected chi connectivity index (χ1v) is 12.7. The first-order chi connectivity index (χ1) is 13.1. The van der Waals surface area contributed by atoms with Crippen LogP contribution in [-0.2, 0) is 9.09 Å². The summed E-state index contributed by atoms with van der Waals surface area (Å²) in [5.41, 5.74) is 0. The van der Waals surface area contributed by atoms with Gasteiger partial charge in [-0.15, -0.1) is 0 Å². The lowest BCUT2D eigenvalue weighted by Gasteiger charge is -2.18. The number of unbranched alkanes of at least 4 members (excludes halogenated alkanes) is 4. The van der Waals surface area contributed by atoms with Gasteiger partial charge in [0.05, 0.1) is 6.61 Å². The van der Waals surface area contributed by atoms with Crippen LogP contribution in [0.3, 0.4) is 0 Å². The van der Waals surface area contributed by atoms with Crippen LogP contribution in [0.1, 0.15) is 46.0 Å². The van der Waals surface area contributed by atoms with E-state index in [2.05, 4.69) is 6.92 Å². The maximum Gasteiger partial charge on any atom is 0.440 e. The summed E-state index contributed by atoms with van der Waals surface area (Å²) >= 11 is 1.29. The number of para-hydroxylation sites is 1. The Labute approximate surface area is 166 Å². The molecule has 2 aromatic carbocycles.